The third kappa shape index (κ3) is 2.20. The van der Waals surface area contributed by atoms with Gasteiger partial charge in [0.05, 0.1) is 18.8 Å². The highest BCUT2D eigenvalue weighted by molar-refractivity contribution is 6.01. The van der Waals surface area contributed by atoms with E-state index < -0.39 is 0 Å². The number of hydrogen-bond acceptors (Lipinski definition) is 8. The first-order valence-corrected chi connectivity index (χ1v) is 6.90. The zero-order chi connectivity index (χ0) is 15.9. The summed E-state index contributed by atoms with van der Waals surface area (Å²) < 4.78 is 5.40. The summed E-state index contributed by atoms with van der Waals surface area (Å²) in [4.78, 5) is 10.2. The van der Waals surface area contributed by atoms with E-state index in [-0.39, 0.29) is 23.7 Å². The monoisotopic (exact) mass is 302 g/mol. The molecule has 3 heterocycles. The van der Waals surface area contributed by atoms with Crippen LogP contribution >= 0.6 is 0 Å². The highest BCUT2D eigenvalue weighted by Crippen LogP contribution is 2.33. The molecule has 1 atom stereocenters. The van der Waals surface area contributed by atoms with Gasteiger partial charge in [0.15, 0.2) is 0 Å². The minimum Gasteiger partial charge on any atom is -0.476 e. The Balaban J connectivity index is 2.12. The number of aryl methyl sites for hydroxylation is 1. The summed E-state index contributed by atoms with van der Waals surface area (Å²) in [5.74, 6) is 0.703. The van der Waals surface area contributed by atoms with E-state index in [1.165, 1.54) is 0 Å². The van der Waals surface area contributed by atoms with Gasteiger partial charge in [0, 0.05) is 11.3 Å². The van der Waals surface area contributed by atoms with Crippen LogP contribution in [0.4, 0.5) is 17.6 Å². The molecular formula is C13H18N8O. The molecule has 0 bridgehead atoms. The molecule has 0 radical (unpaired) electrons. The first kappa shape index (κ1) is 14.1. The number of aromatic nitrogens is 4. The standard InChI is InChI=1S/C13H18N8O/c1-6-8(5-17-20-6)7(2)21-3-4-22-11(15)9-10(14)18-13(16)19-12(9)21/h5,7,15H,3-4H2,1-2H3,(H,17,20)(H4,14,16,18,19). The maximum atomic E-state index is 8.00. The van der Waals surface area contributed by atoms with Crippen LogP contribution < -0.4 is 16.4 Å². The van der Waals surface area contributed by atoms with Crippen molar-refractivity contribution in [1.29, 1.82) is 5.41 Å². The minimum atomic E-state index is -0.0360. The van der Waals surface area contributed by atoms with Crippen molar-refractivity contribution >= 4 is 23.5 Å². The van der Waals surface area contributed by atoms with Crippen molar-refractivity contribution in [2.75, 3.05) is 29.5 Å². The highest BCUT2D eigenvalue weighted by Gasteiger charge is 2.29. The van der Waals surface area contributed by atoms with Gasteiger partial charge in [-0.3, -0.25) is 10.5 Å². The number of nitrogens with one attached hydrogen (secondary N) is 2. The molecule has 1 aliphatic heterocycles. The van der Waals surface area contributed by atoms with Gasteiger partial charge in [0.1, 0.15) is 23.8 Å². The molecular weight excluding hydrogens is 284 g/mol. The molecule has 0 aromatic carbocycles. The molecule has 0 saturated carbocycles. The normalized spacial score (nSPS) is 15.9. The topological polar surface area (TPSA) is 143 Å². The van der Waals surface area contributed by atoms with Crippen molar-refractivity contribution in [3.63, 3.8) is 0 Å². The Bertz CT molecular complexity index is 725. The molecule has 0 fully saturated rings. The largest absolute Gasteiger partial charge is 0.476 e. The number of hydrogen-bond donors (Lipinski definition) is 4. The van der Waals surface area contributed by atoms with Gasteiger partial charge in [0.25, 0.3) is 0 Å². The van der Waals surface area contributed by atoms with Crippen LogP contribution in [0.25, 0.3) is 0 Å². The Morgan fingerprint density at radius 2 is 2.18 bits per heavy atom. The Labute approximate surface area is 127 Å². The quantitative estimate of drug-likeness (QED) is 0.635. The van der Waals surface area contributed by atoms with Crippen LogP contribution in [-0.2, 0) is 4.74 Å². The van der Waals surface area contributed by atoms with Crippen molar-refractivity contribution in [2.24, 2.45) is 0 Å². The maximum absolute atomic E-state index is 8.00. The lowest BCUT2D eigenvalue weighted by atomic mass is 10.1. The van der Waals surface area contributed by atoms with Crippen LogP contribution in [0.3, 0.4) is 0 Å². The Morgan fingerprint density at radius 1 is 1.41 bits per heavy atom. The van der Waals surface area contributed by atoms with Crippen molar-refractivity contribution < 1.29 is 4.74 Å². The van der Waals surface area contributed by atoms with Crippen molar-refractivity contribution in [2.45, 2.75) is 19.9 Å². The zero-order valence-electron chi connectivity index (χ0n) is 12.4. The molecule has 1 unspecified atom stereocenters. The second-order valence-corrected chi connectivity index (χ2v) is 5.16. The van der Waals surface area contributed by atoms with Gasteiger partial charge < -0.3 is 21.1 Å². The number of nitrogens with two attached hydrogens (primary N) is 2. The van der Waals surface area contributed by atoms with Gasteiger partial charge in [-0.05, 0) is 13.8 Å². The van der Waals surface area contributed by atoms with Crippen molar-refractivity contribution in [3.8, 4) is 0 Å². The molecule has 22 heavy (non-hydrogen) atoms. The van der Waals surface area contributed by atoms with Crippen LogP contribution in [0.5, 0.6) is 0 Å². The van der Waals surface area contributed by atoms with Gasteiger partial charge in [-0.1, -0.05) is 0 Å². The smallest absolute Gasteiger partial charge is 0.223 e. The molecule has 9 nitrogen and oxygen atoms in total. The molecule has 3 rings (SSSR count). The van der Waals surface area contributed by atoms with E-state index in [9.17, 15) is 0 Å². The number of anilines is 3. The lowest BCUT2D eigenvalue weighted by Crippen LogP contribution is -2.31. The number of aromatic amines is 1. The molecule has 0 spiro atoms. The molecule has 1 aliphatic rings. The summed E-state index contributed by atoms with van der Waals surface area (Å²) in [6.45, 7) is 4.90. The summed E-state index contributed by atoms with van der Waals surface area (Å²) >= 11 is 0. The first-order valence-electron chi connectivity index (χ1n) is 6.90. The van der Waals surface area contributed by atoms with Gasteiger partial charge in [-0.25, -0.2) is 0 Å². The number of ether oxygens (including phenoxy) is 1. The average molecular weight is 302 g/mol. The minimum absolute atomic E-state index is 0.0271. The molecule has 0 amide bonds. The van der Waals surface area contributed by atoms with E-state index >= 15 is 0 Å². The third-order valence-corrected chi connectivity index (χ3v) is 3.80. The van der Waals surface area contributed by atoms with Crippen molar-refractivity contribution in [3.05, 3.63) is 23.0 Å². The van der Waals surface area contributed by atoms with E-state index in [1.54, 1.807) is 6.20 Å². The second kappa shape index (κ2) is 5.17. The summed E-state index contributed by atoms with van der Waals surface area (Å²) in [6, 6.07) is -0.0271. The average Bonchev–Trinajstić information content (AvgIpc) is 2.80. The van der Waals surface area contributed by atoms with Gasteiger partial charge in [-0.15, -0.1) is 0 Å². The van der Waals surface area contributed by atoms with Crippen LogP contribution in [0, 0.1) is 12.3 Å². The SMILES string of the molecule is Cc1[nH]ncc1C(C)N1CCOC(=N)c2c(N)nc(N)nc21. The lowest BCUT2D eigenvalue weighted by Gasteiger charge is -2.29. The molecule has 116 valence electrons. The fourth-order valence-electron chi connectivity index (χ4n) is 2.66. The summed E-state index contributed by atoms with van der Waals surface area (Å²) in [5.41, 5.74) is 14.0. The Morgan fingerprint density at radius 3 is 2.86 bits per heavy atom. The molecule has 0 aliphatic carbocycles. The third-order valence-electron chi connectivity index (χ3n) is 3.80. The summed E-state index contributed by atoms with van der Waals surface area (Å²) in [7, 11) is 0. The van der Waals surface area contributed by atoms with Gasteiger partial charge in [-0.2, -0.15) is 15.1 Å². The molecule has 6 N–H and O–H groups in total. The van der Waals surface area contributed by atoms with Crippen LogP contribution in [0.2, 0.25) is 0 Å². The molecule has 2 aromatic rings. The number of rotatable bonds is 2. The maximum Gasteiger partial charge on any atom is 0.223 e. The van der Waals surface area contributed by atoms with Gasteiger partial charge >= 0.3 is 0 Å². The first-order chi connectivity index (χ1) is 10.5. The highest BCUT2D eigenvalue weighted by atomic mass is 16.5. The fraction of sp³-hybridized carbons (Fsp3) is 0.385. The number of H-pyrrole nitrogens is 1. The number of nitrogens with zero attached hydrogens (tertiary/aromatic N) is 4. The van der Waals surface area contributed by atoms with E-state index in [4.69, 9.17) is 21.6 Å². The van der Waals surface area contributed by atoms with Crippen LogP contribution in [0.15, 0.2) is 6.20 Å². The fourth-order valence-corrected chi connectivity index (χ4v) is 2.66. The van der Waals surface area contributed by atoms with Crippen molar-refractivity contribution in [1.82, 2.24) is 20.2 Å². The van der Waals surface area contributed by atoms with E-state index in [1.807, 2.05) is 18.7 Å². The van der Waals surface area contributed by atoms with E-state index in [0.29, 0.717) is 24.5 Å². The second-order valence-electron chi connectivity index (χ2n) is 5.16. The molecule has 0 saturated heterocycles. The number of nitrogen functional groups attached to an aromatic ring is 2. The Hall–Kier alpha value is -2.84. The van der Waals surface area contributed by atoms with E-state index in [2.05, 4.69) is 20.2 Å². The van der Waals surface area contributed by atoms with Crippen LogP contribution in [-0.4, -0.2) is 39.2 Å². The Kier molecular flexibility index (Phi) is 3.32. The van der Waals surface area contributed by atoms with Gasteiger partial charge in [0.2, 0.25) is 11.8 Å². The zero-order valence-corrected chi connectivity index (χ0v) is 12.4. The summed E-state index contributed by atoms with van der Waals surface area (Å²) in [5, 5.41) is 15.0. The summed E-state index contributed by atoms with van der Waals surface area (Å²) in [6.07, 6.45) is 1.78. The van der Waals surface area contributed by atoms with Crippen LogP contribution in [0.1, 0.15) is 29.8 Å². The molecule has 9 heteroatoms. The number of fused-ring (bicyclic) bond motifs is 1. The lowest BCUT2D eigenvalue weighted by molar-refractivity contribution is 0.311. The predicted molar refractivity (Wildman–Crippen MR) is 82.7 cm³/mol. The molecule has 2 aromatic heterocycles. The van der Waals surface area contributed by atoms with E-state index in [0.717, 1.165) is 11.3 Å². The predicted octanol–water partition coefficient (Wildman–Crippen LogP) is 0.596.